The van der Waals surface area contributed by atoms with E-state index in [1.165, 1.54) is 5.01 Å². The van der Waals surface area contributed by atoms with Crippen molar-refractivity contribution in [2.75, 3.05) is 5.01 Å². The van der Waals surface area contributed by atoms with Gasteiger partial charge in [-0.25, -0.2) is 5.01 Å². The molecule has 0 aromatic heterocycles. The quantitative estimate of drug-likeness (QED) is 0.621. The Morgan fingerprint density at radius 2 is 1.72 bits per heavy atom. The van der Waals surface area contributed by atoms with Gasteiger partial charge in [0.05, 0.1) is 5.69 Å². The van der Waals surface area contributed by atoms with Gasteiger partial charge in [0.2, 0.25) is 5.91 Å². The number of allylic oxidation sites excluding steroid dienone is 1. The molecule has 2 aromatic carbocycles. The Morgan fingerprint density at radius 3 is 2.32 bits per heavy atom. The van der Waals surface area contributed by atoms with Crippen LogP contribution < -0.4 is 15.2 Å². The largest absolute Gasteiger partial charge is 0.481 e. The van der Waals surface area contributed by atoms with Crippen LogP contribution in [0.3, 0.4) is 0 Å². The molecule has 0 radical (unpaired) electrons. The average molecular weight is 338 g/mol. The lowest BCUT2D eigenvalue weighted by molar-refractivity contribution is -0.130. The summed E-state index contributed by atoms with van der Waals surface area (Å²) in [5, 5.41) is 1.26. The van der Waals surface area contributed by atoms with Crippen LogP contribution in [0, 0.1) is 0 Å². The first-order chi connectivity index (χ1) is 12.1. The highest BCUT2D eigenvalue weighted by atomic mass is 16.5. The third kappa shape index (κ3) is 5.49. The zero-order valence-corrected chi connectivity index (χ0v) is 14.2. The van der Waals surface area contributed by atoms with Crippen molar-refractivity contribution in [2.45, 2.75) is 25.9 Å². The average Bonchev–Trinajstić information content (AvgIpc) is 2.65. The molecule has 2 amide bonds. The Hall–Kier alpha value is -3.08. The summed E-state index contributed by atoms with van der Waals surface area (Å²) in [6.45, 7) is 5.26. The zero-order valence-electron chi connectivity index (χ0n) is 14.2. The molecule has 2 rings (SSSR count). The van der Waals surface area contributed by atoms with Crippen molar-refractivity contribution in [2.24, 2.45) is 0 Å². The van der Waals surface area contributed by atoms with Crippen molar-refractivity contribution >= 4 is 17.5 Å². The summed E-state index contributed by atoms with van der Waals surface area (Å²) < 4.78 is 5.61. The maximum absolute atomic E-state index is 12.5. The molecule has 0 saturated heterocycles. The monoisotopic (exact) mass is 338 g/mol. The minimum absolute atomic E-state index is 0.216. The number of carbonyl (C=O) groups excluding carboxylic acids is 2. The Kier molecular flexibility index (Phi) is 6.77. The van der Waals surface area contributed by atoms with Gasteiger partial charge in [0.25, 0.3) is 5.91 Å². The first-order valence-corrected chi connectivity index (χ1v) is 8.13. The predicted molar refractivity (Wildman–Crippen MR) is 98.0 cm³/mol. The smallest absolute Gasteiger partial charge is 0.279 e. The molecule has 0 aliphatic heterocycles. The lowest BCUT2D eigenvalue weighted by Crippen LogP contribution is -2.50. The van der Waals surface area contributed by atoms with Crippen molar-refractivity contribution in [3.05, 3.63) is 73.3 Å². The Bertz CT molecular complexity index is 701. The maximum Gasteiger partial charge on any atom is 0.279 e. The highest BCUT2D eigenvalue weighted by Crippen LogP contribution is 2.15. The Balaban J connectivity index is 2.08. The molecule has 1 unspecified atom stereocenters. The van der Waals surface area contributed by atoms with E-state index >= 15 is 0 Å². The third-order valence-electron chi connectivity index (χ3n) is 3.47. The summed E-state index contributed by atoms with van der Waals surface area (Å²) in [6, 6.07) is 18.0. The van der Waals surface area contributed by atoms with Crippen LogP contribution in [0.1, 0.15) is 19.8 Å². The standard InChI is InChI=1S/C20H22N2O3/c1-3-4-15-19(23)22(17-11-7-5-8-12-17)21-20(24)16(2)25-18-13-9-6-10-14-18/h3,5-14,16H,1,4,15H2,2H3,(H,21,24). The lowest BCUT2D eigenvalue weighted by Gasteiger charge is -2.25. The molecule has 0 bridgehead atoms. The van der Waals surface area contributed by atoms with Crippen molar-refractivity contribution in [1.82, 2.24) is 5.43 Å². The van der Waals surface area contributed by atoms with Crippen molar-refractivity contribution in [3.8, 4) is 5.75 Å². The molecule has 0 fully saturated rings. The number of anilines is 1. The minimum atomic E-state index is -0.749. The second-order valence-corrected chi connectivity index (χ2v) is 5.44. The van der Waals surface area contributed by atoms with Gasteiger partial charge < -0.3 is 4.74 Å². The van der Waals surface area contributed by atoms with Crippen molar-refractivity contribution in [3.63, 3.8) is 0 Å². The van der Waals surface area contributed by atoms with Crippen LogP contribution in [0.5, 0.6) is 5.75 Å². The van der Waals surface area contributed by atoms with Gasteiger partial charge in [-0.05, 0) is 37.6 Å². The van der Waals surface area contributed by atoms with Crippen LogP contribution >= 0.6 is 0 Å². The molecule has 2 aromatic rings. The van der Waals surface area contributed by atoms with Gasteiger partial charge in [-0.2, -0.15) is 0 Å². The molecule has 130 valence electrons. The number of nitrogens with zero attached hydrogens (tertiary/aromatic N) is 1. The zero-order chi connectivity index (χ0) is 18.1. The fourth-order valence-electron chi connectivity index (χ4n) is 2.14. The van der Waals surface area contributed by atoms with Crippen LogP contribution in [0.15, 0.2) is 73.3 Å². The highest BCUT2D eigenvalue weighted by molar-refractivity contribution is 5.97. The summed E-state index contributed by atoms with van der Waals surface area (Å²) >= 11 is 0. The SMILES string of the molecule is C=CCCC(=O)N(NC(=O)C(C)Oc1ccccc1)c1ccccc1. The first-order valence-electron chi connectivity index (χ1n) is 8.13. The topological polar surface area (TPSA) is 58.6 Å². The van der Waals surface area contributed by atoms with Gasteiger partial charge >= 0.3 is 0 Å². The molecule has 25 heavy (non-hydrogen) atoms. The molecular formula is C20H22N2O3. The van der Waals surface area contributed by atoms with Gasteiger partial charge in [0, 0.05) is 6.42 Å². The summed E-state index contributed by atoms with van der Waals surface area (Å²) in [4.78, 5) is 24.9. The van der Waals surface area contributed by atoms with E-state index in [9.17, 15) is 9.59 Å². The van der Waals surface area contributed by atoms with Crippen LogP contribution in [-0.2, 0) is 9.59 Å². The molecule has 0 aliphatic carbocycles. The van der Waals surface area contributed by atoms with Crippen molar-refractivity contribution in [1.29, 1.82) is 0 Å². The number of nitrogens with one attached hydrogen (secondary N) is 1. The Labute approximate surface area is 147 Å². The van der Waals surface area contributed by atoms with Crippen LogP contribution in [0.25, 0.3) is 0 Å². The number of hydrogen-bond acceptors (Lipinski definition) is 3. The van der Waals surface area contributed by atoms with E-state index in [0.29, 0.717) is 17.9 Å². The van der Waals surface area contributed by atoms with Crippen LogP contribution in [0.2, 0.25) is 0 Å². The molecular weight excluding hydrogens is 316 g/mol. The van der Waals surface area contributed by atoms with Crippen LogP contribution in [0.4, 0.5) is 5.69 Å². The van der Waals surface area contributed by atoms with Gasteiger partial charge in [-0.15, -0.1) is 6.58 Å². The fourth-order valence-corrected chi connectivity index (χ4v) is 2.14. The molecule has 0 spiro atoms. The fraction of sp³-hybridized carbons (Fsp3) is 0.200. The van der Waals surface area contributed by atoms with E-state index in [0.717, 1.165) is 0 Å². The second kappa shape index (κ2) is 9.27. The van der Waals surface area contributed by atoms with Gasteiger partial charge in [0.1, 0.15) is 5.75 Å². The number of para-hydroxylation sites is 2. The van der Waals surface area contributed by atoms with E-state index in [1.54, 1.807) is 49.4 Å². The molecule has 0 aliphatic rings. The number of carbonyl (C=O) groups is 2. The van der Waals surface area contributed by atoms with E-state index < -0.39 is 12.0 Å². The number of benzene rings is 2. The van der Waals surface area contributed by atoms with Gasteiger partial charge in [-0.3, -0.25) is 15.0 Å². The van der Waals surface area contributed by atoms with E-state index in [4.69, 9.17) is 4.74 Å². The number of hydrogen-bond donors (Lipinski definition) is 1. The summed E-state index contributed by atoms with van der Waals surface area (Å²) in [5.74, 6) is -0.0274. The van der Waals surface area contributed by atoms with E-state index in [-0.39, 0.29) is 12.3 Å². The molecule has 5 nitrogen and oxygen atoms in total. The lowest BCUT2D eigenvalue weighted by atomic mass is 10.2. The minimum Gasteiger partial charge on any atom is -0.481 e. The van der Waals surface area contributed by atoms with Crippen molar-refractivity contribution < 1.29 is 14.3 Å². The summed E-state index contributed by atoms with van der Waals surface area (Å²) in [5.41, 5.74) is 3.24. The third-order valence-corrected chi connectivity index (χ3v) is 3.47. The highest BCUT2D eigenvalue weighted by Gasteiger charge is 2.22. The first kappa shape index (κ1) is 18.3. The van der Waals surface area contributed by atoms with Gasteiger partial charge in [-0.1, -0.05) is 42.5 Å². The number of rotatable bonds is 7. The molecule has 0 saturated carbocycles. The second-order valence-electron chi connectivity index (χ2n) is 5.44. The predicted octanol–water partition coefficient (Wildman–Crippen LogP) is 3.48. The number of hydrazine groups is 1. The molecule has 5 heteroatoms. The Morgan fingerprint density at radius 1 is 1.12 bits per heavy atom. The number of ether oxygens (including phenoxy) is 1. The summed E-state index contributed by atoms with van der Waals surface area (Å²) in [6.07, 6.45) is 1.71. The normalized spacial score (nSPS) is 11.2. The molecule has 0 heterocycles. The van der Waals surface area contributed by atoms with E-state index in [2.05, 4.69) is 12.0 Å². The van der Waals surface area contributed by atoms with E-state index in [1.807, 2.05) is 24.3 Å². The van der Waals surface area contributed by atoms with Crippen LogP contribution in [-0.4, -0.2) is 17.9 Å². The molecule has 1 N–H and O–H groups in total. The summed E-state index contributed by atoms with van der Waals surface area (Å²) in [7, 11) is 0. The van der Waals surface area contributed by atoms with Gasteiger partial charge in [0.15, 0.2) is 6.10 Å². The maximum atomic E-state index is 12.5. The molecule has 1 atom stereocenters. The number of amides is 2.